The van der Waals surface area contributed by atoms with Gasteiger partial charge in [0, 0.05) is 70.0 Å². The SMILES string of the molecule is CC1CC=C(C2=CC3=C(CC2)OC2=C(C=CC(C4=CC=CCC4)C2)C32C3=C(C=CCC3)OC3=CC=CCC32)c2c3c(n(C4=CCCC=C4)c21)CCC=C3. The molecule has 266 valence electrons. The normalized spacial score (nSPS) is 30.6. The van der Waals surface area contributed by atoms with Gasteiger partial charge >= 0.3 is 0 Å². The summed E-state index contributed by atoms with van der Waals surface area (Å²) in [5.74, 6) is 5.60. The molecule has 3 nitrogen and oxygen atoms in total. The monoisotopic (exact) mass is 695 g/mol. The van der Waals surface area contributed by atoms with E-state index >= 15 is 0 Å². The minimum atomic E-state index is -0.319. The van der Waals surface area contributed by atoms with E-state index in [1.54, 1.807) is 0 Å². The third-order valence-corrected chi connectivity index (χ3v) is 13.7. The predicted octanol–water partition coefficient (Wildman–Crippen LogP) is 12.7. The molecule has 4 unspecified atom stereocenters. The highest BCUT2D eigenvalue weighted by Gasteiger charge is 2.57. The van der Waals surface area contributed by atoms with E-state index in [0.717, 1.165) is 95.0 Å². The molecule has 10 aliphatic rings. The Morgan fingerprint density at radius 3 is 2.53 bits per heavy atom. The van der Waals surface area contributed by atoms with Crippen molar-refractivity contribution in [1.82, 2.24) is 4.57 Å². The molecule has 0 N–H and O–H groups in total. The molecule has 0 saturated carbocycles. The number of rotatable bonds is 3. The van der Waals surface area contributed by atoms with Gasteiger partial charge in [-0.15, -0.1) is 0 Å². The van der Waals surface area contributed by atoms with E-state index in [1.807, 2.05) is 0 Å². The van der Waals surface area contributed by atoms with Crippen molar-refractivity contribution >= 4 is 17.3 Å². The second kappa shape index (κ2) is 12.4. The lowest BCUT2D eigenvalue weighted by Crippen LogP contribution is -2.45. The first-order valence-corrected chi connectivity index (χ1v) is 20.6. The average molecular weight is 696 g/mol. The van der Waals surface area contributed by atoms with Gasteiger partial charge in [-0.2, -0.15) is 0 Å². The third kappa shape index (κ3) is 4.71. The van der Waals surface area contributed by atoms with Crippen LogP contribution in [0.2, 0.25) is 0 Å². The summed E-state index contributed by atoms with van der Waals surface area (Å²) in [6.07, 6.45) is 54.2. The lowest BCUT2D eigenvalue weighted by atomic mass is 9.53. The average Bonchev–Trinajstić information content (AvgIpc) is 3.57. The second-order valence-electron chi connectivity index (χ2n) is 16.6. The summed E-state index contributed by atoms with van der Waals surface area (Å²) in [6.45, 7) is 2.44. The van der Waals surface area contributed by atoms with E-state index < -0.39 is 0 Å². The van der Waals surface area contributed by atoms with Gasteiger partial charge in [0.15, 0.2) is 0 Å². The van der Waals surface area contributed by atoms with E-state index in [0.29, 0.717) is 11.8 Å². The van der Waals surface area contributed by atoms with Crippen LogP contribution >= 0.6 is 0 Å². The molecule has 0 amide bonds. The van der Waals surface area contributed by atoms with Crippen LogP contribution in [0, 0.1) is 17.3 Å². The number of allylic oxidation sites excluding steroid dienone is 26. The molecule has 0 saturated heterocycles. The van der Waals surface area contributed by atoms with Crippen molar-refractivity contribution in [3.63, 3.8) is 0 Å². The first-order valence-electron chi connectivity index (χ1n) is 20.6. The van der Waals surface area contributed by atoms with Crippen LogP contribution in [0.25, 0.3) is 17.3 Å². The Balaban J connectivity index is 1.10. The predicted molar refractivity (Wildman–Crippen MR) is 216 cm³/mol. The van der Waals surface area contributed by atoms with Crippen LogP contribution in [0.15, 0.2) is 148 Å². The zero-order chi connectivity index (χ0) is 35.1. The highest BCUT2D eigenvalue weighted by atomic mass is 16.5. The molecule has 1 aromatic heterocycles. The first kappa shape index (κ1) is 31.7. The summed E-state index contributed by atoms with van der Waals surface area (Å²) < 4.78 is 16.8. The van der Waals surface area contributed by atoms with Gasteiger partial charge in [-0.1, -0.05) is 97.6 Å². The molecule has 1 spiro atoms. The Kier molecular flexibility index (Phi) is 7.43. The zero-order valence-corrected chi connectivity index (χ0v) is 31.0. The van der Waals surface area contributed by atoms with Crippen LogP contribution in [-0.4, -0.2) is 4.57 Å². The highest BCUT2D eigenvalue weighted by molar-refractivity contribution is 5.90. The Morgan fingerprint density at radius 2 is 1.62 bits per heavy atom. The Labute approximate surface area is 314 Å². The second-order valence-corrected chi connectivity index (χ2v) is 16.6. The van der Waals surface area contributed by atoms with Crippen LogP contribution in [0.1, 0.15) is 112 Å². The lowest BCUT2D eigenvalue weighted by molar-refractivity contribution is 0.137. The molecule has 0 fully saturated rings. The summed E-state index contributed by atoms with van der Waals surface area (Å²) in [5, 5.41) is 0. The van der Waals surface area contributed by atoms with Crippen LogP contribution in [-0.2, 0) is 15.9 Å². The van der Waals surface area contributed by atoms with E-state index in [-0.39, 0.29) is 11.3 Å². The summed E-state index contributed by atoms with van der Waals surface area (Å²) in [5.41, 5.74) is 15.7. The van der Waals surface area contributed by atoms with Gasteiger partial charge in [-0.05, 0) is 106 Å². The number of aromatic nitrogens is 1. The Bertz CT molecular complexity index is 2280. The lowest BCUT2D eigenvalue weighted by Gasteiger charge is -2.54. The first-order chi connectivity index (χ1) is 26.2. The van der Waals surface area contributed by atoms with E-state index in [2.05, 4.69) is 115 Å². The Hall–Kier alpha value is -4.76. The number of fused-ring (bicyclic) bond motifs is 8. The zero-order valence-electron chi connectivity index (χ0n) is 31.0. The number of hydrogen-bond acceptors (Lipinski definition) is 2. The highest BCUT2D eigenvalue weighted by Crippen LogP contribution is 2.65. The maximum absolute atomic E-state index is 7.25. The molecule has 3 heteroatoms. The van der Waals surface area contributed by atoms with Crippen LogP contribution in [0.5, 0.6) is 0 Å². The van der Waals surface area contributed by atoms with Crippen molar-refractivity contribution in [3.8, 4) is 0 Å². The van der Waals surface area contributed by atoms with Crippen molar-refractivity contribution in [2.45, 2.75) is 96.3 Å². The fourth-order valence-corrected chi connectivity index (χ4v) is 11.4. The molecule has 8 aliphatic carbocycles. The van der Waals surface area contributed by atoms with Gasteiger partial charge in [0.25, 0.3) is 0 Å². The van der Waals surface area contributed by atoms with Crippen molar-refractivity contribution in [2.75, 3.05) is 0 Å². The smallest absolute Gasteiger partial charge is 0.127 e. The Morgan fingerprint density at radius 1 is 0.736 bits per heavy atom. The van der Waals surface area contributed by atoms with Gasteiger partial charge in [0.05, 0.1) is 5.41 Å². The van der Waals surface area contributed by atoms with E-state index in [9.17, 15) is 0 Å². The molecule has 0 radical (unpaired) electrons. The number of ether oxygens (including phenoxy) is 2. The largest absolute Gasteiger partial charge is 0.465 e. The van der Waals surface area contributed by atoms with Crippen LogP contribution in [0.4, 0.5) is 0 Å². The molecule has 0 aromatic carbocycles. The summed E-state index contributed by atoms with van der Waals surface area (Å²) in [7, 11) is 0. The van der Waals surface area contributed by atoms with Crippen LogP contribution < -0.4 is 0 Å². The summed E-state index contributed by atoms with van der Waals surface area (Å²) in [6, 6.07) is 0. The van der Waals surface area contributed by atoms with Crippen molar-refractivity contribution in [1.29, 1.82) is 0 Å². The van der Waals surface area contributed by atoms with Gasteiger partial charge < -0.3 is 14.0 Å². The topological polar surface area (TPSA) is 23.4 Å². The van der Waals surface area contributed by atoms with Gasteiger partial charge in [0.1, 0.15) is 23.0 Å². The molecule has 4 atom stereocenters. The summed E-state index contributed by atoms with van der Waals surface area (Å²) in [4.78, 5) is 0. The minimum absolute atomic E-state index is 0.197. The summed E-state index contributed by atoms with van der Waals surface area (Å²) >= 11 is 0. The van der Waals surface area contributed by atoms with Crippen LogP contribution in [0.3, 0.4) is 0 Å². The molecular weight excluding hydrogens is 647 g/mol. The quantitative estimate of drug-likeness (QED) is 0.314. The fourth-order valence-electron chi connectivity index (χ4n) is 11.4. The molecule has 1 aromatic rings. The number of nitrogens with zero attached hydrogens (tertiary/aromatic N) is 1. The van der Waals surface area contributed by atoms with Crippen molar-refractivity contribution < 1.29 is 9.47 Å². The van der Waals surface area contributed by atoms with Gasteiger partial charge in [0.2, 0.25) is 0 Å². The molecule has 53 heavy (non-hydrogen) atoms. The minimum Gasteiger partial charge on any atom is -0.465 e. The third-order valence-electron chi connectivity index (χ3n) is 13.7. The molecule has 0 bridgehead atoms. The van der Waals surface area contributed by atoms with Crippen molar-refractivity contribution in [2.24, 2.45) is 17.3 Å². The maximum Gasteiger partial charge on any atom is 0.127 e. The van der Waals surface area contributed by atoms with Crippen molar-refractivity contribution in [3.05, 3.63) is 171 Å². The van der Waals surface area contributed by atoms with Gasteiger partial charge in [-0.3, -0.25) is 0 Å². The van der Waals surface area contributed by atoms with E-state index in [1.165, 1.54) is 73.2 Å². The van der Waals surface area contributed by atoms with E-state index in [4.69, 9.17) is 9.47 Å². The molecule has 11 rings (SSSR count). The maximum atomic E-state index is 7.25. The number of hydrogen-bond donors (Lipinski definition) is 0. The molecule has 2 aliphatic heterocycles. The molecular formula is C50H49NO2. The standard InChI is InChI=1S/C50H49NO2/c1-32-24-27-37(48-38-18-8-11-21-43(38)51(49(32)48)36-16-6-3-7-17-36)35-26-29-46-42(30-35)50(39-19-9-12-22-44(39)52-45-23-13-10-20-40(45)50)41-28-25-34(31-47(41)53-46)33-14-4-2-5-15-33/h2,4,6,8-9,12-14,16-18,22-23,25,27-28,30,32,34,39H,3,5,7,10-11,15,19-21,24,26,29,31H2,1H3. The van der Waals surface area contributed by atoms with Gasteiger partial charge in [-0.25, -0.2) is 0 Å². The fraction of sp³-hybridized carbons (Fsp3) is 0.360. The molecule has 3 heterocycles.